The van der Waals surface area contributed by atoms with Gasteiger partial charge in [0.1, 0.15) is 12.1 Å². The van der Waals surface area contributed by atoms with Crippen LogP contribution in [0.2, 0.25) is 5.02 Å². The monoisotopic (exact) mass is 253 g/mol. The summed E-state index contributed by atoms with van der Waals surface area (Å²) in [6.45, 7) is 0. The van der Waals surface area contributed by atoms with Gasteiger partial charge in [0.05, 0.1) is 10.6 Å². The highest BCUT2D eigenvalue weighted by atomic mass is 35.5. The van der Waals surface area contributed by atoms with Gasteiger partial charge < -0.3 is 9.84 Å². The van der Waals surface area contributed by atoms with Crippen molar-refractivity contribution in [1.29, 1.82) is 0 Å². The molecule has 2 rings (SSSR count). The van der Waals surface area contributed by atoms with Crippen molar-refractivity contribution in [3.05, 3.63) is 35.1 Å². The average molecular weight is 254 g/mol. The van der Waals surface area contributed by atoms with Crippen molar-refractivity contribution < 1.29 is 14.6 Å². The quantitative estimate of drug-likeness (QED) is 0.905. The summed E-state index contributed by atoms with van der Waals surface area (Å²) < 4.78 is 6.78. The molecule has 7 heteroatoms. The smallest absolute Gasteiger partial charge is 0.340 e. The van der Waals surface area contributed by atoms with Crippen LogP contribution in [0.15, 0.2) is 24.5 Å². The number of aromatic carboxylic acids is 1. The van der Waals surface area contributed by atoms with E-state index in [0.717, 1.165) is 0 Å². The van der Waals surface area contributed by atoms with Crippen molar-refractivity contribution in [3.63, 3.8) is 0 Å². The number of aryl methyl sites for hydroxylation is 1. The van der Waals surface area contributed by atoms with Gasteiger partial charge in [0.25, 0.3) is 0 Å². The SMILES string of the molecule is Cn1cnc(Oc2ccc(C(=O)O)c(Cl)c2)n1. The van der Waals surface area contributed by atoms with E-state index in [2.05, 4.69) is 10.1 Å². The highest BCUT2D eigenvalue weighted by Gasteiger charge is 2.10. The molecule has 1 N–H and O–H groups in total. The van der Waals surface area contributed by atoms with Crippen LogP contribution in [0.5, 0.6) is 11.8 Å². The molecule has 0 bridgehead atoms. The van der Waals surface area contributed by atoms with Crippen molar-refractivity contribution >= 4 is 17.6 Å². The summed E-state index contributed by atoms with van der Waals surface area (Å²) in [5.74, 6) is -0.705. The molecule has 0 amide bonds. The van der Waals surface area contributed by atoms with Crippen LogP contribution in [0.1, 0.15) is 10.4 Å². The second kappa shape index (κ2) is 4.42. The van der Waals surface area contributed by atoms with Crippen LogP contribution in [-0.4, -0.2) is 25.8 Å². The first kappa shape index (κ1) is 11.4. The topological polar surface area (TPSA) is 77.2 Å². The predicted molar refractivity (Wildman–Crippen MR) is 59.5 cm³/mol. The molecule has 0 saturated carbocycles. The largest absolute Gasteiger partial charge is 0.478 e. The lowest BCUT2D eigenvalue weighted by Crippen LogP contribution is -1.97. The number of aromatic nitrogens is 3. The van der Waals surface area contributed by atoms with E-state index >= 15 is 0 Å². The molecule has 0 fully saturated rings. The molecule has 88 valence electrons. The van der Waals surface area contributed by atoms with Gasteiger partial charge >= 0.3 is 12.0 Å². The fourth-order valence-corrected chi connectivity index (χ4v) is 1.46. The van der Waals surface area contributed by atoms with Gasteiger partial charge in [0, 0.05) is 13.1 Å². The predicted octanol–water partition coefficient (Wildman–Crippen LogP) is 1.96. The molecule has 0 saturated heterocycles. The Bertz CT molecular complexity index is 568. The first-order valence-electron chi connectivity index (χ1n) is 4.62. The Morgan fingerprint density at radius 2 is 2.29 bits per heavy atom. The maximum absolute atomic E-state index is 10.7. The number of hydrogen-bond donors (Lipinski definition) is 1. The van der Waals surface area contributed by atoms with Crippen molar-refractivity contribution in [2.24, 2.45) is 7.05 Å². The number of rotatable bonds is 3. The Labute approximate surface area is 101 Å². The highest BCUT2D eigenvalue weighted by molar-refractivity contribution is 6.33. The molecule has 2 aromatic rings. The Hall–Kier alpha value is -2.08. The minimum Gasteiger partial charge on any atom is -0.478 e. The summed E-state index contributed by atoms with van der Waals surface area (Å²) in [7, 11) is 1.71. The molecule has 0 aliphatic rings. The van der Waals surface area contributed by atoms with E-state index in [4.69, 9.17) is 21.4 Å². The third-order valence-electron chi connectivity index (χ3n) is 1.96. The second-order valence-corrected chi connectivity index (χ2v) is 3.66. The van der Waals surface area contributed by atoms with Crippen LogP contribution >= 0.6 is 11.6 Å². The van der Waals surface area contributed by atoms with E-state index in [9.17, 15) is 4.79 Å². The number of carboxylic acid groups (broad SMARTS) is 1. The molecular weight excluding hydrogens is 246 g/mol. The van der Waals surface area contributed by atoms with Crippen LogP contribution in [0.4, 0.5) is 0 Å². The second-order valence-electron chi connectivity index (χ2n) is 3.25. The lowest BCUT2D eigenvalue weighted by molar-refractivity contribution is 0.0697. The third-order valence-corrected chi connectivity index (χ3v) is 2.27. The Balaban J connectivity index is 2.23. The fraction of sp³-hybridized carbons (Fsp3) is 0.100. The first-order chi connectivity index (χ1) is 8.06. The molecule has 17 heavy (non-hydrogen) atoms. The van der Waals surface area contributed by atoms with E-state index < -0.39 is 5.97 Å². The fourth-order valence-electron chi connectivity index (χ4n) is 1.20. The molecule has 6 nitrogen and oxygen atoms in total. The zero-order valence-corrected chi connectivity index (χ0v) is 9.55. The zero-order valence-electron chi connectivity index (χ0n) is 8.79. The highest BCUT2D eigenvalue weighted by Crippen LogP contribution is 2.25. The van der Waals surface area contributed by atoms with E-state index in [1.54, 1.807) is 7.05 Å². The normalized spacial score (nSPS) is 10.2. The third kappa shape index (κ3) is 2.54. The molecule has 0 aliphatic heterocycles. The molecule has 1 heterocycles. The molecule has 0 spiro atoms. The number of nitrogens with zero attached hydrogens (tertiary/aromatic N) is 3. The maximum atomic E-state index is 10.7. The van der Waals surface area contributed by atoms with Gasteiger partial charge in [-0.3, -0.25) is 4.68 Å². The molecule has 0 atom stereocenters. The number of carbonyl (C=O) groups is 1. The van der Waals surface area contributed by atoms with Gasteiger partial charge in [-0.15, -0.1) is 5.10 Å². The van der Waals surface area contributed by atoms with Gasteiger partial charge in [0.15, 0.2) is 0 Å². The Morgan fingerprint density at radius 1 is 1.53 bits per heavy atom. The molecular formula is C10H8ClN3O3. The Kier molecular flexibility index (Phi) is 2.97. The van der Waals surface area contributed by atoms with Crippen molar-refractivity contribution in [1.82, 2.24) is 14.8 Å². The van der Waals surface area contributed by atoms with E-state index in [1.807, 2.05) is 0 Å². The molecule has 0 unspecified atom stereocenters. The summed E-state index contributed by atoms with van der Waals surface area (Å²) >= 11 is 5.79. The van der Waals surface area contributed by atoms with E-state index in [-0.39, 0.29) is 16.6 Å². The summed E-state index contributed by atoms with van der Waals surface area (Å²) in [5, 5.41) is 12.8. The van der Waals surface area contributed by atoms with Crippen LogP contribution < -0.4 is 4.74 Å². The van der Waals surface area contributed by atoms with Gasteiger partial charge in [-0.25, -0.2) is 4.79 Å². The zero-order chi connectivity index (χ0) is 12.4. The van der Waals surface area contributed by atoms with Crippen molar-refractivity contribution in [2.75, 3.05) is 0 Å². The summed E-state index contributed by atoms with van der Waals surface area (Å²) in [5.41, 5.74) is 0.0213. The first-order valence-corrected chi connectivity index (χ1v) is 5.00. The summed E-state index contributed by atoms with van der Waals surface area (Å²) in [6, 6.07) is 4.43. The van der Waals surface area contributed by atoms with Gasteiger partial charge in [-0.05, 0) is 12.1 Å². The van der Waals surface area contributed by atoms with Crippen molar-refractivity contribution in [3.8, 4) is 11.8 Å². The van der Waals surface area contributed by atoms with Crippen LogP contribution in [-0.2, 0) is 7.05 Å². The van der Waals surface area contributed by atoms with E-state index in [0.29, 0.717) is 5.75 Å². The molecule has 0 radical (unpaired) electrons. The average Bonchev–Trinajstić information content (AvgIpc) is 2.63. The van der Waals surface area contributed by atoms with Crippen LogP contribution in [0.25, 0.3) is 0 Å². The van der Waals surface area contributed by atoms with Gasteiger partial charge in [0.2, 0.25) is 0 Å². The molecule has 0 aliphatic carbocycles. The lowest BCUT2D eigenvalue weighted by atomic mass is 10.2. The van der Waals surface area contributed by atoms with Gasteiger partial charge in [-0.1, -0.05) is 11.6 Å². The standard InChI is InChI=1S/C10H8ClN3O3/c1-14-5-12-10(13-14)17-6-2-3-7(9(15)16)8(11)4-6/h2-5H,1H3,(H,15,16). The molecule has 1 aromatic carbocycles. The van der Waals surface area contributed by atoms with Gasteiger partial charge in [-0.2, -0.15) is 4.98 Å². The van der Waals surface area contributed by atoms with Crippen LogP contribution in [0.3, 0.4) is 0 Å². The number of hydrogen-bond acceptors (Lipinski definition) is 4. The maximum Gasteiger partial charge on any atom is 0.340 e. The minimum absolute atomic E-state index is 0.0213. The summed E-state index contributed by atoms with van der Waals surface area (Å²) in [4.78, 5) is 14.6. The molecule has 1 aromatic heterocycles. The number of carboxylic acids is 1. The number of halogens is 1. The number of benzene rings is 1. The summed E-state index contributed by atoms with van der Waals surface area (Å²) in [6.07, 6.45) is 1.49. The number of ether oxygens (including phenoxy) is 1. The van der Waals surface area contributed by atoms with Crippen molar-refractivity contribution in [2.45, 2.75) is 0 Å². The Morgan fingerprint density at radius 3 is 2.82 bits per heavy atom. The minimum atomic E-state index is -1.09. The lowest BCUT2D eigenvalue weighted by Gasteiger charge is -2.03. The van der Waals surface area contributed by atoms with Crippen LogP contribution in [0, 0.1) is 0 Å². The van der Waals surface area contributed by atoms with E-state index in [1.165, 1.54) is 29.2 Å².